The fraction of sp³-hybridized carbons (Fsp3) is 0.611. The fourth-order valence-electron chi connectivity index (χ4n) is 5.07. The third-order valence-corrected chi connectivity index (χ3v) is 7.62. The van der Waals surface area contributed by atoms with Gasteiger partial charge in [-0.2, -0.15) is 0 Å². The molecule has 0 spiro atoms. The molecule has 5 heteroatoms. The maximum absolute atomic E-state index is 12.4. The highest BCUT2D eigenvalue weighted by Crippen LogP contribution is 2.17. The van der Waals surface area contributed by atoms with E-state index in [1.165, 1.54) is 103 Å². The summed E-state index contributed by atoms with van der Waals surface area (Å²) >= 11 is 0. The van der Waals surface area contributed by atoms with Gasteiger partial charge in [-0.1, -0.05) is 128 Å². The highest BCUT2D eigenvalue weighted by molar-refractivity contribution is 5.91. The quantitative estimate of drug-likeness (QED) is 0.102. The lowest BCUT2D eigenvalue weighted by Crippen LogP contribution is -2.13. The number of amides is 1. The SMILES string of the molecule is CCCCCCCCCCCCCCCCCCOc1ccc(CCC(=O)Nc2cccc(CC(=O)OC)c2)cc1. The van der Waals surface area contributed by atoms with Crippen LogP contribution in [0.15, 0.2) is 48.5 Å². The Kier molecular flexibility index (Phi) is 19.1. The third kappa shape index (κ3) is 17.6. The second kappa shape index (κ2) is 22.8. The van der Waals surface area contributed by atoms with Crippen LogP contribution in [0, 0.1) is 0 Å². The average molecular weight is 566 g/mol. The van der Waals surface area contributed by atoms with Gasteiger partial charge in [0.15, 0.2) is 0 Å². The third-order valence-electron chi connectivity index (χ3n) is 7.62. The topological polar surface area (TPSA) is 64.6 Å². The van der Waals surface area contributed by atoms with Crippen LogP contribution in [0.2, 0.25) is 0 Å². The summed E-state index contributed by atoms with van der Waals surface area (Å²) in [6.45, 7) is 3.04. The van der Waals surface area contributed by atoms with E-state index in [1.807, 2.05) is 42.5 Å². The molecule has 1 amide bonds. The summed E-state index contributed by atoms with van der Waals surface area (Å²) in [6, 6.07) is 15.4. The molecule has 0 bridgehead atoms. The van der Waals surface area contributed by atoms with Gasteiger partial charge in [0.2, 0.25) is 5.91 Å². The molecule has 2 aromatic carbocycles. The number of rotatable bonds is 24. The van der Waals surface area contributed by atoms with Gasteiger partial charge in [0.05, 0.1) is 20.1 Å². The minimum absolute atomic E-state index is 0.0518. The molecule has 228 valence electrons. The smallest absolute Gasteiger partial charge is 0.309 e. The number of esters is 1. The van der Waals surface area contributed by atoms with Gasteiger partial charge in [0.25, 0.3) is 0 Å². The molecular weight excluding hydrogens is 510 g/mol. The van der Waals surface area contributed by atoms with Gasteiger partial charge in [-0.05, 0) is 48.2 Å². The zero-order valence-corrected chi connectivity index (χ0v) is 25.9. The Balaban J connectivity index is 1.45. The number of ether oxygens (including phenoxy) is 2. The van der Waals surface area contributed by atoms with Crippen molar-refractivity contribution >= 4 is 17.6 Å². The highest BCUT2D eigenvalue weighted by atomic mass is 16.5. The lowest BCUT2D eigenvalue weighted by molar-refractivity contribution is -0.139. The first-order chi connectivity index (χ1) is 20.1. The van der Waals surface area contributed by atoms with E-state index < -0.39 is 0 Å². The van der Waals surface area contributed by atoms with E-state index >= 15 is 0 Å². The van der Waals surface area contributed by atoms with Crippen LogP contribution < -0.4 is 10.1 Å². The van der Waals surface area contributed by atoms with Crippen molar-refractivity contribution in [3.63, 3.8) is 0 Å². The van der Waals surface area contributed by atoms with Crippen molar-refractivity contribution in [2.75, 3.05) is 19.0 Å². The monoisotopic (exact) mass is 565 g/mol. The maximum Gasteiger partial charge on any atom is 0.309 e. The van der Waals surface area contributed by atoms with Crippen LogP contribution in [-0.4, -0.2) is 25.6 Å². The van der Waals surface area contributed by atoms with E-state index in [-0.39, 0.29) is 18.3 Å². The van der Waals surface area contributed by atoms with Crippen LogP contribution in [-0.2, 0) is 27.2 Å². The van der Waals surface area contributed by atoms with Crippen molar-refractivity contribution in [3.05, 3.63) is 59.7 Å². The van der Waals surface area contributed by atoms with Gasteiger partial charge in [-0.15, -0.1) is 0 Å². The molecule has 0 radical (unpaired) electrons. The first-order valence-electron chi connectivity index (χ1n) is 16.3. The lowest BCUT2D eigenvalue weighted by atomic mass is 10.0. The Bertz CT molecular complexity index is 956. The summed E-state index contributed by atoms with van der Waals surface area (Å²) in [6.07, 6.45) is 23.2. The predicted octanol–water partition coefficient (Wildman–Crippen LogP) is 9.61. The van der Waals surface area contributed by atoms with E-state index in [4.69, 9.17) is 9.47 Å². The van der Waals surface area contributed by atoms with Crippen LogP contribution in [0.5, 0.6) is 5.75 Å². The number of methoxy groups -OCH3 is 1. The van der Waals surface area contributed by atoms with Crippen molar-refractivity contribution in [1.82, 2.24) is 0 Å². The molecule has 2 rings (SSSR count). The van der Waals surface area contributed by atoms with Gasteiger partial charge in [0.1, 0.15) is 5.75 Å². The lowest BCUT2D eigenvalue weighted by Gasteiger charge is -2.09. The fourth-order valence-corrected chi connectivity index (χ4v) is 5.07. The number of hydrogen-bond acceptors (Lipinski definition) is 4. The van der Waals surface area contributed by atoms with Crippen LogP contribution in [0.4, 0.5) is 5.69 Å². The molecule has 0 unspecified atom stereocenters. The second-order valence-electron chi connectivity index (χ2n) is 11.3. The van der Waals surface area contributed by atoms with E-state index in [0.717, 1.165) is 29.9 Å². The summed E-state index contributed by atoms with van der Waals surface area (Å²) in [7, 11) is 1.37. The minimum Gasteiger partial charge on any atom is -0.494 e. The normalized spacial score (nSPS) is 10.9. The number of anilines is 1. The number of nitrogens with one attached hydrogen (secondary N) is 1. The van der Waals surface area contributed by atoms with Gasteiger partial charge in [0, 0.05) is 12.1 Å². The summed E-state index contributed by atoms with van der Waals surface area (Å²) in [5.74, 6) is 0.538. The maximum atomic E-state index is 12.4. The molecule has 2 aromatic rings. The van der Waals surface area contributed by atoms with Crippen molar-refractivity contribution in [1.29, 1.82) is 0 Å². The molecule has 0 aliphatic heterocycles. The Hall–Kier alpha value is -2.82. The molecule has 0 saturated heterocycles. The van der Waals surface area contributed by atoms with E-state index in [2.05, 4.69) is 12.2 Å². The predicted molar refractivity (Wildman–Crippen MR) is 171 cm³/mol. The minimum atomic E-state index is -0.300. The van der Waals surface area contributed by atoms with Crippen LogP contribution in [0.3, 0.4) is 0 Å². The Morgan fingerprint density at radius 1 is 0.683 bits per heavy atom. The van der Waals surface area contributed by atoms with Gasteiger partial charge >= 0.3 is 5.97 Å². The van der Waals surface area contributed by atoms with Crippen LogP contribution >= 0.6 is 0 Å². The summed E-state index contributed by atoms with van der Waals surface area (Å²) in [5.41, 5.74) is 2.61. The Morgan fingerprint density at radius 2 is 1.24 bits per heavy atom. The Labute approximate surface area is 249 Å². The van der Waals surface area contributed by atoms with Gasteiger partial charge in [-0.3, -0.25) is 9.59 Å². The van der Waals surface area contributed by atoms with Crippen molar-refractivity contribution in [3.8, 4) is 5.75 Å². The zero-order chi connectivity index (χ0) is 29.4. The van der Waals surface area contributed by atoms with Crippen LogP contribution in [0.25, 0.3) is 0 Å². The highest BCUT2D eigenvalue weighted by Gasteiger charge is 2.07. The van der Waals surface area contributed by atoms with E-state index in [9.17, 15) is 9.59 Å². The van der Waals surface area contributed by atoms with E-state index in [0.29, 0.717) is 18.5 Å². The number of carbonyl (C=O) groups excluding carboxylic acids is 2. The molecule has 0 atom stereocenters. The number of aryl methyl sites for hydroxylation is 1. The first-order valence-corrected chi connectivity index (χ1v) is 16.3. The molecule has 0 fully saturated rings. The molecule has 0 aromatic heterocycles. The average Bonchev–Trinajstić information content (AvgIpc) is 2.98. The molecular formula is C36H55NO4. The van der Waals surface area contributed by atoms with Gasteiger partial charge in [-0.25, -0.2) is 0 Å². The molecule has 0 aliphatic rings. The molecule has 41 heavy (non-hydrogen) atoms. The molecule has 0 saturated carbocycles. The van der Waals surface area contributed by atoms with Crippen molar-refractivity contribution in [2.45, 2.75) is 129 Å². The van der Waals surface area contributed by atoms with Crippen LogP contribution in [0.1, 0.15) is 127 Å². The molecule has 1 N–H and O–H groups in total. The summed E-state index contributed by atoms with van der Waals surface area (Å²) in [4.78, 5) is 23.9. The van der Waals surface area contributed by atoms with Crippen molar-refractivity contribution in [2.24, 2.45) is 0 Å². The standard InChI is InChI=1S/C36H55NO4/c1-3-4-5-6-7-8-9-10-11-12-13-14-15-16-17-18-28-41-34-25-22-31(23-26-34)24-27-35(38)37-33-21-19-20-32(29-33)30-36(39)40-2/h19-23,25-26,29H,3-18,24,27-28,30H2,1-2H3,(H,37,38). The number of hydrogen-bond donors (Lipinski definition) is 1. The largest absolute Gasteiger partial charge is 0.494 e. The zero-order valence-electron chi connectivity index (χ0n) is 25.9. The van der Waals surface area contributed by atoms with Crippen molar-refractivity contribution < 1.29 is 19.1 Å². The molecule has 0 aliphatic carbocycles. The van der Waals surface area contributed by atoms with Gasteiger partial charge < -0.3 is 14.8 Å². The molecule has 0 heterocycles. The summed E-state index contributed by atoms with van der Waals surface area (Å²) in [5, 5.41) is 2.91. The van der Waals surface area contributed by atoms with E-state index in [1.54, 1.807) is 6.07 Å². The summed E-state index contributed by atoms with van der Waals surface area (Å²) < 4.78 is 10.6. The Morgan fingerprint density at radius 3 is 1.80 bits per heavy atom. The number of benzene rings is 2. The molecule has 5 nitrogen and oxygen atoms in total. The first kappa shape index (κ1) is 34.4. The number of carbonyl (C=O) groups is 2. The second-order valence-corrected chi connectivity index (χ2v) is 11.3. The number of unbranched alkanes of at least 4 members (excludes halogenated alkanes) is 15.